The second kappa shape index (κ2) is 4.62. The van der Waals surface area contributed by atoms with Gasteiger partial charge < -0.3 is 4.98 Å². The van der Waals surface area contributed by atoms with Crippen molar-refractivity contribution < 1.29 is 0 Å². The molecule has 19 heavy (non-hydrogen) atoms. The highest BCUT2D eigenvalue weighted by Crippen LogP contribution is 2.26. The van der Waals surface area contributed by atoms with E-state index in [9.17, 15) is 0 Å². The predicted molar refractivity (Wildman–Crippen MR) is 77.8 cm³/mol. The second-order valence-electron chi connectivity index (χ2n) is 4.61. The highest BCUT2D eigenvalue weighted by atomic mass is 14.7. The number of H-pyrrole nitrogens is 1. The Hall–Kier alpha value is -2.53. The summed E-state index contributed by atoms with van der Waals surface area (Å²) < 4.78 is 0. The normalized spacial score (nSPS) is 10.5. The summed E-state index contributed by atoms with van der Waals surface area (Å²) in [4.78, 5) is 3.47. The Kier molecular flexibility index (Phi) is 2.81. The fourth-order valence-electron chi connectivity index (χ4n) is 2.43. The van der Waals surface area contributed by atoms with E-state index >= 15 is 0 Å². The quantitative estimate of drug-likeness (QED) is 0.720. The third-order valence-corrected chi connectivity index (χ3v) is 3.43. The van der Waals surface area contributed by atoms with Gasteiger partial charge in [-0.2, -0.15) is 5.26 Å². The maximum Gasteiger partial charge on any atom is 0.0991 e. The molecule has 0 bridgehead atoms. The predicted octanol–water partition coefficient (Wildman–Crippen LogP) is 4.27. The van der Waals surface area contributed by atoms with Crippen LogP contribution in [0.15, 0.2) is 48.5 Å². The van der Waals surface area contributed by atoms with E-state index in [1.807, 2.05) is 24.3 Å². The van der Waals surface area contributed by atoms with Gasteiger partial charge in [-0.15, -0.1) is 0 Å². The summed E-state index contributed by atoms with van der Waals surface area (Å²) in [6.07, 6.45) is 1.01. The molecule has 0 aliphatic heterocycles. The molecule has 2 nitrogen and oxygen atoms in total. The molecule has 0 saturated carbocycles. The van der Waals surface area contributed by atoms with Crippen LogP contribution in [-0.4, -0.2) is 4.98 Å². The molecule has 0 aliphatic rings. The maximum atomic E-state index is 8.97. The van der Waals surface area contributed by atoms with Crippen molar-refractivity contribution in [3.8, 4) is 17.3 Å². The number of aromatic amines is 1. The number of aryl methyl sites for hydroxylation is 1. The zero-order valence-corrected chi connectivity index (χ0v) is 10.8. The molecule has 1 N–H and O–H groups in total. The van der Waals surface area contributed by atoms with Crippen molar-refractivity contribution in [3.05, 3.63) is 59.7 Å². The van der Waals surface area contributed by atoms with Crippen LogP contribution >= 0.6 is 0 Å². The van der Waals surface area contributed by atoms with Gasteiger partial charge >= 0.3 is 0 Å². The molecule has 0 spiro atoms. The summed E-state index contributed by atoms with van der Waals surface area (Å²) in [5.74, 6) is 0. The number of nitrogens with one attached hydrogen (secondary N) is 1. The monoisotopic (exact) mass is 246 g/mol. The summed E-state index contributed by atoms with van der Waals surface area (Å²) in [5.41, 5.74) is 5.32. The molecule has 0 atom stereocenters. The molecule has 1 heterocycles. The minimum atomic E-state index is 0.687. The summed E-state index contributed by atoms with van der Waals surface area (Å²) in [6, 6.07) is 18.3. The summed E-state index contributed by atoms with van der Waals surface area (Å²) >= 11 is 0. The van der Waals surface area contributed by atoms with Gasteiger partial charge in [0.2, 0.25) is 0 Å². The van der Waals surface area contributed by atoms with Gasteiger partial charge in [0.05, 0.1) is 11.6 Å². The van der Waals surface area contributed by atoms with Gasteiger partial charge in [0, 0.05) is 16.6 Å². The molecule has 1 aromatic heterocycles. The van der Waals surface area contributed by atoms with Crippen LogP contribution in [0.2, 0.25) is 0 Å². The summed E-state index contributed by atoms with van der Waals surface area (Å²) in [7, 11) is 0. The number of aromatic nitrogens is 1. The lowest BCUT2D eigenvalue weighted by Gasteiger charge is -1.99. The first-order valence-corrected chi connectivity index (χ1v) is 6.43. The van der Waals surface area contributed by atoms with E-state index in [-0.39, 0.29) is 0 Å². The molecular formula is C17H14N2. The molecule has 3 rings (SSSR count). The highest BCUT2D eigenvalue weighted by molar-refractivity contribution is 5.88. The fraction of sp³-hybridized carbons (Fsp3) is 0.118. The smallest absolute Gasteiger partial charge is 0.0991 e. The molecule has 0 saturated heterocycles. The second-order valence-corrected chi connectivity index (χ2v) is 4.61. The van der Waals surface area contributed by atoms with Crippen LogP contribution in [0, 0.1) is 11.3 Å². The lowest BCUT2D eigenvalue weighted by atomic mass is 10.1. The van der Waals surface area contributed by atoms with Crippen molar-refractivity contribution in [2.24, 2.45) is 0 Å². The van der Waals surface area contributed by atoms with Crippen LogP contribution in [0.25, 0.3) is 22.2 Å². The van der Waals surface area contributed by atoms with Gasteiger partial charge in [-0.1, -0.05) is 37.3 Å². The van der Waals surface area contributed by atoms with Crippen molar-refractivity contribution >= 4 is 10.9 Å². The number of para-hydroxylation sites is 1. The lowest BCUT2D eigenvalue weighted by Crippen LogP contribution is -1.82. The van der Waals surface area contributed by atoms with E-state index in [1.165, 1.54) is 16.5 Å². The molecule has 0 unspecified atom stereocenters. The zero-order chi connectivity index (χ0) is 13.2. The number of nitriles is 1. The number of benzene rings is 2. The molecule has 0 fully saturated rings. The maximum absolute atomic E-state index is 8.97. The highest BCUT2D eigenvalue weighted by Gasteiger charge is 2.06. The first-order chi connectivity index (χ1) is 9.31. The first-order valence-electron chi connectivity index (χ1n) is 6.43. The van der Waals surface area contributed by atoms with E-state index in [0.717, 1.165) is 17.7 Å². The van der Waals surface area contributed by atoms with Gasteiger partial charge in [0.1, 0.15) is 0 Å². The molecule has 3 aromatic rings. The van der Waals surface area contributed by atoms with Crippen LogP contribution in [-0.2, 0) is 6.42 Å². The van der Waals surface area contributed by atoms with Crippen LogP contribution in [0.5, 0.6) is 0 Å². The number of hydrogen-bond acceptors (Lipinski definition) is 1. The van der Waals surface area contributed by atoms with Gasteiger partial charge in [-0.05, 0) is 35.7 Å². The van der Waals surface area contributed by atoms with Gasteiger partial charge in [0.15, 0.2) is 0 Å². The third-order valence-electron chi connectivity index (χ3n) is 3.43. The minimum absolute atomic E-state index is 0.687. The molecule has 0 amide bonds. The van der Waals surface area contributed by atoms with E-state index in [2.05, 4.69) is 42.2 Å². The third kappa shape index (κ3) is 2.00. The number of hydrogen-bond donors (Lipinski definition) is 1. The van der Waals surface area contributed by atoms with Crippen LogP contribution < -0.4 is 0 Å². The van der Waals surface area contributed by atoms with E-state index < -0.39 is 0 Å². The first kappa shape index (κ1) is 11.6. The van der Waals surface area contributed by atoms with Crippen LogP contribution in [0.3, 0.4) is 0 Å². The van der Waals surface area contributed by atoms with Crippen molar-refractivity contribution in [2.45, 2.75) is 13.3 Å². The van der Waals surface area contributed by atoms with Gasteiger partial charge in [0.25, 0.3) is 0 Å². The number of rotatable bonds is 2. The largest absolute Gasteiger partial charge is 0.354 e. The Bertz CT molecular complexity index is 775. The Balaban J connectivity index is 2.18. The lowest BCUT2D eigenvalue weighted by molar-refractivity contribution is 1.15. The SMILES string of the molecule is CCc1cccc2cc(-c3cccc(C#N)c3)[nH]c12. The topological polar surface area (TPSA) is 39.6 Å². The molecule has 0 aliphatic carbocycles. The number of nitrogens with zero attached hydrogens (tertiary/aromatic N) is 1. The average molecular weight is 246 g/mol. The zero-order valence-electron chi connectivity index (χ0n) is 10.8. The fourth-order valence-corrected chi connectivity index (χ4v) is 2.43. The molecule has 2 aromatic carbocycles. The van der Waals surface area contributed by atoms with Gasteiger partial charge in [-0.25, -0.2) is 0 Å². The van der Waals surface area contributed by atoms with Crippen molar-refractivity contribution in [2.75, 3.05) is 0 Å². The van der Waals surface area contributed by atoms with Crippen molar-refractivity contribution in [1.82, 2.24) is 4.98 Å². The molecule has 2 heteroatoms. The molecular weight excluding hydrogens is 232 g/mol. The van der Waals surface area contributed by atoms with Crippen LogP contribution in [0.4, 0.5) is 0 Å². The standard InChI is InChI=1S/C17H14N2/c1-2-13-6-4-8-15-10-16(19-17(13)15)14-7-3-5-12(9-14)11-18/h3-10,19H,2H2,1H3. The van der Waals surface area contributed by atoms with E-state index in [0.29, 0.717) is 5.56 Å². The molecule has 92 valence electrons. The van der Waals surface area contributed by atoms with Gasteiger partial charge in [-0.3, -0.25) is 0 Å². The van der Waals surface area contributed by atoms with Crippen molar-refractivity contribution in [3.63, 3.8) is 0 Å². The number of fused-ring (bicyclic) bond motifs is 1. The Labute approximate surface area is 112 Å². The minimum Gasteiger partial charge on any atom is -0.354 e. The summed E-state index contributed by atoms with van der Waals surface area (Å²) in [5, 5.41) is 10.2. The summed E-state index contributed by atoms with van der Waals surface area (Å²) in [6.45, 7) is 2.16. The average Bonchev–Trinajstić information content (AvgIpc) is 2.91. The van der Waals surface area contributed by atoms with Crippen molar-refractivity contribution in [1.29, 1.82) is 5.26 Å². The Morgan fingerprint density at radius 1 is 1.11 bits per heavy atom. The Morgan fingerprint density at radius 2 is 1.95 bits per heavy atom. The van der Waals surface area contributed by atoms with Crippen LogP contribution in [0.1, 0.15) is 18.1 Å². The van der Waals surface area contributed by atoms with E-state index in [1.54, 1.807) is 0 Å². The molecule has 0 radical (unpaired) electrons. The van der Waals surface area contributed by atoms with E-state index in [4.69, 9.17) is 5.26 Å². The Morgan fingerprint density at radius 3 is 2.74 bits per heavy atom.